The van der Waals surface area contributed by atoms with Crippen LogP contribution in [0.1, 0.15) is 16.7 Å². The number of nitrogens with zero attached hydrogens (tertiary/aromatic N) is 1. The van der Waals surface area contributed by atoms with Crippen LogP contribution in [-0.4, -0.2) is 4.98 Å². The third-order valence-corrected chi connectivity index (χ3v) is 2.33. The van der Waals surface area contributed by atoms with Crippen LogP contribution in [0.3, 0.4) is 0 Å². The average molecular weight is 219 g/mol. The molecule has 1 aromatic carbocycles. The number of aryl methyl sites for hydroxylation is 1. The highest BCUT2D eigenvalue weighted by atomic mass is 14.6. The Morgan fingerprint density at radius 2 is 1.71 bits per heavy atom. The quantitative estimate of drug-likeness (QED) is 0.669. The van der Waals surface area contributed by atoms with Gasteiger partial charge in [0.05, 0.1) is 0 Å². The van der Waals surface area contributed by atoms with Gasteiger partial charge in [0.1, 0.15) is 0 Å². The summed E-state index contributed by atoms with van der Waals surface area (Å²) in [5.74, 6) is 6.11. The predicted octanol–water partition coefficient (Wildman–Crippen LogP) is 3.45. The first-order chi connectivity index (χ1) is 8.34. The van der Waals surface area contributed by atoms with Crippen molar-refractivity contribution in [3.63, 3.8) is 0 Å². The normalized spacial score (nSPS) is 9.94. The highest BCUT2D eigenvalue weighted by Crippen LogP contribution is 2.01. The molecule has 1 nitrogen and oxygen atoms in total. The molecule has 0 radical (unpaired) electrons. The number of allylic oxidation sites excluding steroid dienone is 1. The molecule has 0 saturated carbocycles. The maximum absolute atomic E-state index is 3.96. The third kappa shape index (κ3) is 3.62. The van der Waals surface area contributed by atoms with E-state index < -0.39 is 0 Å². The second kappa shape index (κ2) is 5.67. The van der Waals surface area contributed by atoms with E-state index in [0.29, 0.717) is 0 Å². The van der Waals surface area contributed by atoms with Crippen LogP contribution in [0, 0.1) is 18.8 Å². The Morgan fingerprint density at radius 3 is 2.41 bits per heavy atom. The van der Waals surface area contributed by atoms with Gasteiger partial charge in [-0.05, 0) is 48.9 Å². The Kier molecular flexibility index (Phi) is 3.72. The van der Waals surface area contributed by atoms with E-state index >= 15 is 0 Å². The van der Waals surface area contributed by atoms with Crippen molar-refractivity contribution < 1.29 is 0 Å². The van der Waals surface area contributed by atoms with E-state index in [9.17, 15) is 0 Å². The van der Waals surface area contributed by atoms with Gasteiger partial charge in [-0.15, -0.1) is 0 Å². The number of aromatic nitrogens is 1. The molecule has 0 aliphatic carbocycles. The molecule has 17 heavy (non-hydrogen) atoms. The topological polar surface area (TPSA) is 12.9 Å². The van der Waals surface area contributed by atoms with Crippen LogP contribution in [0.25, 0.3) is 6.08 Å². The maximum Gasteiger partial charge on any atom is 0.0273 e. The lowest BCUT2D eigenvalue weighted by molar-refractivity contribution is 1.32. The van der Waals surface area contributed by atoms with Gasteiger partial charge in [0.2, 0.25) is 0 Å². The van der Waals surface area contributed by atoms with Crippen LogP contribution in [0.4, 0.5) is 0 Å². The molecular weight excluding hydrogens is 206 g/mol. The zero-order chi connectivity index (χ0) is 11.9. The van der Waals surface area contributed by atoms with E-state index in [2.05, 4.69) is 35.9 Å². The Bertz CT molecular complexity index is 554. The molecule has 82 valence electrons. The zero-order valence-corrected chi connectivity index (χ0v) is 9.72. The van der Waals surface area contributed by atoms with Crippen molar-refractivity contribution in [2.45, 2.75) is 6.92 Å². The summed E-state index contributed by atoms with van der Waals surface area (Å²) in [7, 11) is 0. The van der Waals surface area contributed by atoms with Gasteiger partial charge in [-0.2, -0.15) is 0 Å². The summed E-state index contributed by atoms with van der Waals surface area (Å²) in [4.78, 5) is 3.96. The summed E-state index contributed by atoms with van der Waals surface area (Å²) in [6.45, 7) is 2.07. The molecule has 0 amide bonds. The van der Waals surface area contributed by atoms with Gasteiger partial charge in [-0.1, -0.05) is 29.5 Å². The summed E-state index contributed by atoms with van der Waals surface area (Å²) in [5, 5.41) is 0. The Hall–Kier alpha value is -2.33. The average Bonchev–Trinajstić information content (AvgIpc) is 2.38. The standard InChI is InChI=1S/C16H13N/c1-14-6-8-15(9-7-14)4-2-3-5-16-10-12-17-13-11-16/h3,5-13H,1H3/b5-3+. The molecule has 2 aromatic rings. The Morgan fingerprint density at radius 1 is 1.00 bits per heavy atom. The number of hydrogen-bond acceptors (Lipinski definition) is 1. The number of rotatable bonds is 1. The van der Waals surface area contributed by atoms with Gasteiger partial charge >= 0.3 is 0 Å². The van der Waals surface area contributed by atoms with Crippen molar-refractivity contribution in [3.05, 3.63) is 71.6 Å². The van der Waals surface area contributed by atoms with Gasteiger partial charge < -0.3 is 0 Å². The smallest absolute Gasteiger partial charge is 0.0273 e. The van der Waals surface area contributed by atoms with Crippen molar-refractivity contribution in [1.82, 2.24) is 4.98 Å². The van der Waals surface area contributed by atoms with E-state index in [1.165, 1.54) is 5.56 Å². The fourth-order valence-corrected chi connectivity index (χ4v) is 1.37. The SMILES string of the molecule is Cc1ccc(C#C/C=C/c2ccncc2)cc1. The molecule has 0 unspecified atom stereocenters. The first kappa shape index (κ1) is 11.2. The van der Waals surface area contributed by atoms with Crippen molar-refractivity contribution in [1.29, 1.82) is 0 Å². The lowest BCUT2D eigenvalue weighted by Crippen LogP contribution is -1.74. The van der Waals surface area contributed by atoms with Crippen LogP contribution >= 0.6 is 0 Å². The molecule has 1 aromatic heterocycles. The summed E-state index contributed by atoms with van der Waals surface area (Å²) in [5.41, 5.74) is 3.40. The first-order valence-electron chi connectivity index (χ1n) is 5.49. The van der Waals surface area contributed by atoms with Crippen molar-refractivity contribution >= 4 is 6.08 Å². The van der Waals surface area contributed by atoms with Gasteiger partial charge in [0, 0.05) is 18.0 Å². The molecule has 2 rings (SSSR count). The zero-order valence-electron chi connectivity index (χ0n) is 9.72. The van der Waals surface area contributed by atoms with Gasteiger partial charge in [0.25, 0.3) is 0 Å². The van der Waals surface area contributed by atoms with E-state index in [1.54, 1.807) is 12.4 Å². The monoisotopic (exact) mass is 219 g/mol. The third-order valence-electron chi connectivity index (χ3n) is 2.33. The Balaban J connectivity index is 2.04. The molecule has 0 N–H and O–H groups in total. The van der Waals surface area contributed by atoms with Gasteiger partial charge in [0.15, 0.2) is 0 Å². The highest BCUT2D eigenvalue weighted by Gasteiger charge is 1.84. The summed E-state index contributed by atoms with van der Waals surface area (Å²) < 4.78 is 0. The van der Waals surface area contributed by atoms with Crippen LogP contribution < -0.4 is 0 Å². The molecular formula is C16H13N. The molecule has 0 aliphatic heterocycles. The maximum atomic E-state index is 3.96. The molecule has 1 heteroatoms. The minimum Gasteiger partial charge on any atom is -0.265 e. The van der Waals surface area contributed by atoms with Crippen LogP contribution in [-0.2, 0) is 0 Å². The van der Waals surface area contributed by atoms with E-state index in [1.807, 2.05) is 36.4 Å². The molecule has 0 bridgehead atoms. The molecule has 0 fully saturated rings. The number of hydrogen-bond donors (Lipinski definition) is 0. The second-order valence-corrected chi connectivity index (χ2v) is 3.75. The lowest BCUT2D eigenvalue weighted by atomic mass is 10.1. The van der Waals surface area contributed by atoms with Gasteiger partial charge in [-0.25, -0.2) is 0 Å². The molecule has 0 aliphatic rings. The van der Waals surface area contributed by atoms with Gasteiger partial charge in [-0.3, -0.25) is 4.98 Å². The van der Waals surface area contributed by atoms with Crippen molar-refractivity contribution in [2.24, 2.45) is 0 Å². The molecule has 0 spiro atoms. The minimum atomic E-state index is 1.04. The summed E-state index contributed by atoms with van der Waals surface area (Å²) >= 11 is 0. The largest absolute Gasteiger partial charge is 0.265 e. The fraction of sp³-hybridized carbons (Fsp3) is 0.0625. The van der Waals surface area contributed by atoms with Crippen molar-refractivity contribution in [3.8, 4) is 11.8 Å². The first-order valence-corrected chi connectivity index (χ1v) is 5.49. The summed E-state index contributed by atoms with van der Waals surface area (Å²) in [6.07, 6.45) is 7.37. The molecule has 0 saturated heterocycles. The number of pyridine rings is 1. The van der Waals surface area contributed by atoms with Crippen LogP contribution in [0.5, 0.6) is 0 Å². The van der Waals surface area contributed by atoms with Crippen molar-refractivity contribution in [2.75, 3.05) is 0 Å². The summed E-state index contributed by atoms with van der Waals surface area (Å²) in [6, 6.07) is 12.1. The van der Waals surface area contributed by atoms with Crippen LogP contribution in [0.2, 0.25) is 0 Å². The lowest BCUT2D eigenvalue weighted by Gasteiger charge is -1.90. The minimum absolute atomic E-state index is 1.04. The Labute approximate surface area is 102 Å². The highest BCUT2D eigenvalue weighted by molar-refractivity contribution is 5.52. The molecule has 0 atom stereocenters. The second-order valence-electron chi connectivity index (χ2n) is 3.75. The van der Waals surface area contributed by atoms with E-state index in [4.69, 9.17) is 0 Å². The number of benzene rings is 1. The molecule has 1 heterocycles. The predicted molar refractivity (Wildman–Crippen MR) is 71.3 cm³/mol. The van der Waals surface area contributed by atoms with Crippen LogP contribution in [0.15, 0.2) is 54.9 Å². The van der Waals surface area contributed by atoms with E-state index in [-0.39, 0.29) is 0 Å². The van der Waals surface area contributed by atoms with E-state index in [0.717, 1.165) is 11.1 Å². The fourth-order valence-electron chi connectivity index (χ4n) is 1.37.